The van der Waals surface area contributed by atoms with Crippen LogP contribution in [0.15, 0.2) is 35.1 Å². The topological polar surface area (TPSA) is 48.3 Å². The summed E-state index contributed by atoms with van der Waals surface area (Å²) in [4.78, 5) is 4.30. The maximum atomic E-state index is 5.25. The van der Waals surface area contributed by atoms with Gasteiger partial charge in [-0.2, -0.15) is 0 Å². The van der Waals surface area contributed by atoms with E-state index in [0.717, 1.165) is 21.9 Å². The predicted molar refractivity (Wildman–Crippen MR) is 78.2 cm³/mol. The van der Waals surface area contributed by atoms with Crippen LogP contribution in [0.2, 0.25) is 0 Å². The molecule has 5 nitrogen and oxygen atoms in total. The van der Waals surface area contributed by atoms with Gasteiger partial charge in [-0.25, -0.2) is 4.98 Å². The molecular weight excluding hydrogens is 310 g/mol. The van der Waals surface area contributed by atoms with Crippen molar-refractivity contribution in [1.82, 2.24) is 9.55 Å². The quantitative estimate of drug-likeness (QED) is 0.829. The summed E-state index contributed by atoms with van der Waals surface area (Å²) in [5, 5.41) is 3.22. The molecule has 2 rings (SSSR count). The lowest BCUT2D eigenvalue weighted by Gasteiger charge is -2.12. The van der Waals surface area contributed by atoms with E-state index in [4.69, 9.17) is 9.47 Å². The molecule has 1 aromatic carbocycles. The largest absolute Gasteiger partial charge is 0.497 e. The number of methoxy groups -OCH3 is 2. The van der Waals surface area contributed by atoms with Crippen molar-refractivity contribution in [2.45, 2.75) is 0 Å². The zero-order valence-corrected chi connectivity index (χ0v) is 12.5. The van der Waals surface area contributed by atoms with Gasteiger partial charge in [0, 0.05) is 36.6 Å². The zero-order chi connectivity index (χ0) is 13.7. The van der Waals surface area contributed by atoms with E-state index < -0.39 is 0 Å². The van der Waals surface area contributed by atoms with Crippen LogP contribution < -0.4 is 10.1 Å². The summed E-state index contributed by atoms with van der Waals surface area (Å²) in [6, 6.07) is 5.81. The van der Waals surface area contributed by atoms with Gasteiger partial charge < -0.3 is 14.8 Å². The number of imidazole rings is 1. The minimum atomic E-state index is 0.631. The summed E-state index contributed by atoms with van der Waals surface area (Å²) in [5.74, 6) is 1.57. The Kier molecular flexibility index (Phi) is 4.81. The Labute approximate surface area is 120 Å². The molecule has 0 saturated carbocycles. The van der Waals surface area contributed by atoms with Crippen molar-refractivity contribution in [3.63, 3.8) is 0 Å². The van der Waals surface area contributed by atoms with Gasteiger partial charge in [-0.3, -0.25) is 4.57 Å². The van der Waals surface area contributed by atoms with Crippen molar-refractivity contribution >= 4 is 21.9 Å². The summed E-state index contributed by atoms with van der Waals surface area (Å²) < 4.78 is 13.2. The normalized spacial score (nSPS) is 10.5. The molecule has 2 aromatic rings. The molecule has 0 aliphatic rings. The highest BCUT2D eigenvalue weighted by Crippen LogP contribution is 2.27. The lowest BCUT2D eigenvalue weighted by molar-refractivity contribution is 0.210. The van der Waals surface area contributed by atoms with Gasteiger partial charge >= 0.3 is 0 Å². The first-order chi connectivity index (χ1) is 9.26. The Morgan fingerprint density at radius 3 is 2.95 bits per heavy atom. The molecule has 1 heterocycles. The number of nitrogens with zero attached hydrogens (tertiary/aromatic N) is 2. The average molecular weight is 326 g/mol. The highest BCUT2D eigenvalue weighted by Gasteiger charge is 2.09. The summed E-state index contributed by atoms with van der Waals surface area (Å²) >= 11 is 3.54. The van der Waals surface area contributed by atoms with Crippen LogP contribution >= 0.6 is 15.9 Å². The first-order valence-electron chi connectivity index (χ1n) is 5.86. The highest BCUT2D eigenvalue weighted by molar-refractivity contribution is 9.10. The molecule has 0 amide bonds. The van der Waals surface area contributed by atoms with E-state index in [9.17, 15) is 0 Å². The molecule has 0 bridgehead atoms. The molecule has 0 spiro atoms. The van der Waals surface area contributed by atoms with Crippen LogP contribution in [0.5, 0.6) is 5.75 Å². The molecular formula is C13H16BrN3O2. The molecule has 1 aromatic heterocycles. The first-order valence-corrected chi connectivity index (χ1v) is 6.65. The minimum Gasteiger partial charge on any atom is -0.497 e. The van der Waals surface area contributed by atoms with E-state index in [0.29, 0.717) is 13.2 Å². The summed E-state index contributed by atoms with van der Waals surface area (Å²) in [7, 11) is 3.32. The second-order valence-electron chi connectivity index (χ2n) is 3.86. The van der Waals surface area contributed by atoms with Gasteiger partial charge in [-0.15, -0.1) is 0 Å². The monoisotopic (exact) mass is 325 g/mol. The van der Waals surface area contributed by atoms with E-state index in [-0.39, 0.29) is 0 Å². The first kappa shape index (κ1) is 13.9. The maximum Gasteiger partial charge on any atom is 0.207 e. The molecule has 0 fully saturated rings. The highest BCUT2D eigenvalue weighted by atomic mass is 79.9. The van der Waals surface area contributed by atoms with Crippen LogP contribution in [-0.4, -0.2) is 36.9 Å². The second kappa shape index (κ2) is 6.58. The van der Waals surface area contributed by atoms with Crippen molar-refractivity contribution in [2.75, 3.05) is 32.7 Å². The van der Waals surface area contributed by atoms with Crippen LogP contribution in [0.1, 0.15) is 0 Å². The van der Waals surface area contributed by atoms with E-state index >= 15 is 0 Å². The molecule has 0 aliphatic carbocycles. The van der Waals surface area contributed by atoms with Crippen molar-refractivity contribution in [2.24, 2.45) is 0 Å². The van der Waals surface area contributed by atoms with Gasteiger partial charge in [0.2, 0.25) is 5.95 Å². The predicted octanol–water partition coefficient (Wildman–Crippen LogP) is 2.70. The van der Waals surface area contributed by atoms with Gasteiger partial charge in [-0.1, -0.05) is 0 Å². The Balaban J connectivity index is 2.28. The van der Waals surface area contributed by atoms with E-state index in [1.807, 2.05) is 29.0 Å². The van der Waals surface area contributed by atoms with E-state index in [2.05, 4.69) is 26.2 Å². The summed E-state index contributed by atoms with van der Waals surface area (Å²) in [6.07, 6.45) is 3.65. The number of nitrogens with one attached hydrogen (secondary N) is 1. The van der Waals surface area contributed by atoms with Gasteiger partial charge in [0.25, 0.3) is 0 Å². The number of anilines is 1. The number of ether oxygens (including phenoxy) is 2. The number of rotatable bonds is 6. The third-order valence-corrected chi connectivity index (χ3v) is 3.31. The third kappa shape index (κ3) is 3.27. The number of hydrogen-bond acceptors (Lipinski definition) is 4. The summed E-state index contributed by atoms with van der Waals surface area (Å²) in [6.45, 7) is 1.33. The molecule has 102 valence electrons. The number of hydrogen-bond donors (Lipinski definition) is 1. The molecule has 0 aliphatic heterocycles. The molecule has 0 saturated heterocycles. The molecule has 0 unspecified atom stereocenters. The fourth-order valence-corrected chi connectivity index (χ4v) is 2.14. The zero-order valence-electron chi connectivity index (χ0n) is 10.9. The number of halogens is 1. The van der Waals surface area contributed by atoms with Crippen LogP contribution in [0.25, 0.3) is 5.69 Å². The van der Waals surface area contributed by atoms with Crippen molar-refractivity contribution in [3.8, 4) is 11.4 Å². The standard InChI is InChI=1S/C13H16BrN3O2/c1-18-8-6-16-13-15-5-7-17(13)12-9-10(19-2)3-4-11(12)14/h3-5,7,9H,6,8H2,1-2H3,(H,15,16). The van der Waals surface area contributed by atoms with Crippen molar-refractivity contribution in [1.29, 1.82) is 0 Å². The molecule has 19 heavy (non-hydrogen) atoms. The minimum absolute atomic E-state index is 0.631. The second-order valence-corrected chi connectivity index (χ2v) is 4.71. The average Bonchev–Trinajstić information content (AvgIpc) is 2.88. The fraction of sp³-hybridized carbons (Fsp3) is 0.308. The lowest BCUT2D eigenvalue weighted by atomic mass is 10.3. The Bertz CT molecular complexity index is 542. The lowest BCUT2D eigenvalue weighted by Crippen LogP contribution is -2.11. The fourth-order valence-electron chi connectivity index (χ4n) is 1.70. The Hall–Kier alpha value is -1.53. The van der Waals surface area contributed by atoms with Crippen molar-refractivity contribution < 1.29 is 9.47 Å². The Morgan fingerprint density at radius 1 is 1.37 bits per heavy atom. The molecule has 1 N–H and O–H groups in total. The number of aromatic nitrogens is 2. The molecule has 6 heteroatoms. The summed E-state index contributed by atoms with van der Waals surface area (Å²) in [5.41, 5.74) is 0.969. The third-order valence-electron chi connectivity index (χ3n) is 2.64. The molecule has 0 radical (unpaired) electrons. The van der Waals surface area contributed by atoms with Gasteiger partial charge in [0.1, 0.15) is 5.75 Å². The van der Waals surface area contributed by atoms with Crippen molar-refractivity contribution in [3.05, 3.63) is 35.1 Å². The molecule has 0 atom stereocenters. The van der Waals surface area contributed by atoms with Gasteiger partial charge in [0.05, 0.1) is 19.4 Å². The van der Waals surface area contributed by atoms with Crippen LogP contribution in [-0.2, 0) is 4.74 Å². The maximum absolute atomic E-state index is 5.25. The Morgan fingerprint density at radius 2 is 2.21 bits per heavy atom. The van der Waals surface area contributed by atoms with Crippen LogP contribution in [0.4, 0.5) is 5.95 Å². The smallest absolute Gasteiger partial charge is 0.207 e. The van der Waals surface area contributed by atoms with E-state index in [1.165, 1.54) is 0 Å². The van der Waals surface area contributed by atoms with Crippen LogP contribution in [0.3, 0.4) is 0 Å². The van der Waals surface area contributed by atoms with Crippen LogP contribution in [0, 0.1) is 0 Å². The van der Waals surface area contributed by atoms with E-state index in [1.54, 1.807) is 20.4 Å². The SMILES string of the molecule is COCCNc1nccn1-c1cc(OC)ccc1Br. The van der Waals surface area contributed by atoms with Gasteiger partial charge in [-0.05, 0) is 28.1 Å². The van der Waals surface area contributed by atoms with Gasteiger partial charge in [0.15, 0.2) is 0 Å². The number of benzene rings is 1.